The van der Waals surface area contributed by atoms with Crippen molar-refractivity contribution in [3.63, 3.8) is 0 Å². The molecule has 128 valence electrons. The summed E-state index contributed by atoms with van der Waals surface area (Å²) in [7, 11) is -2.70. The first-order valence-corrected chi connectivity index (χ1v) is 7.51. The molecule has 1 aromatic carbocycles. The minimum Gasteiger partial charge on any atom is -0.504 e. The van der Waals surface area contributed by atoms with Crippen LogP contribution in [-0.2, 0) is 16.0 Å². The molecule has 0 aliphatic heterocycles. The molecular weight excluding hydrogens is 331 g/mol. The zero-order valence-electron chi connectivity index (χ0n) is 11.9. The van der Waals surface area contributed by atoms with E-state index < -0.39 is 38.9 Å². The van der Waals surface area contributed by atoms with Crippen LogP contribution in [0, 0.1) is 0 Å². The third-order valence-corrected chi connectivity index (χ3v) is 3.23. The Morgan fingerprint density at radius 2 is 2.00 bits per heavy atom. The summed E-state index contributed by atoms with van der Waals surface area (Å²) in [6.07, 6.45) is -0.515. The molecule has 0 spiro atoms. The average molecular weight is 348 g/mol. The van der Waals surface area contributed by atoms with Crippen LogP contribution in [0.15, 0.2) is 18.2 Å². The van der Waals surface area contributed by atoms with Gasteiger partial charge in [-0.25, -0.2) is 10.6 Å². The maximum atomic E-state index is 11.6. The number of carbonyl (C=O) groups excluding carboxylic acids is 1. The van der Waals surface area contributed by atoms with Crippen LogP contribution in [0.1, 0.15) is 12.0 Å². The van der Waals surface area contributed by atoms with Gasteiger partial charge in [0.2, 0.25) is 5.91 Å². The van der Waals surface area contributed by atoms with Crippen LogP contribution in [-0.4, -0.2) is 54.6 Å². The summed E-state index contributed by atoms with van der Waals surface area (Å²) in [5.41, 5.74) is 0.328. The van der Waals surface area contributed by atoms with E-state index in [0.717, 1.165) is 6.07 Å². The number of hydrogen-bond donors (Lipinski definition) is 6. The molecular formula is C12H17N2O8P. The van der Waals surface area contributed by atoms with Gasteiger partial charge in [0.25, 0.3) is 0 Å². The molecule has 1 atom stereocenters. The number of phenolic OH excluding ortho intramolecular Hbond substituents is 1. The Hall–Kier alpha value is -1.97. The predicted octanol–water partition coefficient (Wildman–Crippen LogP) is -0.937. The minimum absolute atomic E-state index is 0.183. The first-order chi connectivity index (χ1) is 10.8. The Balaban J connectivity index is 2.91. The maximum absolute atomic E-state index is 11.6. The predicted molar refractivity (Wildman–Crippen MR) is 78.0 cm³/mol. The van der Waals surface area contributed by atoms with Gasteiger partial charge in [-0.1, -0.05) is 6.07 Å². The van der Waals surface area contributed by atoms with E-state index in [4.69, 9.17) is 20.7 Å². The van der Waals surface area contributed by atoms with Crippen molar-refractivity contribution in [2.45, 2.75) is 18.9 Å². The van der Waals surface area contributed by atoms with Crippen LogP contribution in [0.4, 0.5) is 0 Å². The highest BCUT2D eigenvalue weighted by Gasteiger charge is 2.27. The summed E-state index contributed by atoms with van der Waals surface area (Å²) in [4.78, 5) is 40.3. The van der Waals surface area contributed by atoms with E-state index in [1.165, 1.54) is 12.1 Å². The third kappa shape index (κ3) is 5.62. The number of aromatic hydroxyl groups is 1. The summed E-state index contributed by atoms with van der Waals surface area (Å²) < 4.78 is 4.56. The number of carboxylic acids is 1. The number of nitrogens with two attached hydrogens (primary N) is 1. The summed E-state index contributed by atoms with van der Waals surface area (Å²) >= 11 is 0. The number of aliphatic carboxylic acids is 1. The summed E-state index contributed by atoms with van der Waals surface area (Å²) in [5, 5.41) is 28.1. The number of hydrazine groups is 1. The number of amides is 1. The standard InChI is InChI=1S/C12H17N2O8P/c13-14(11(17)3-4-15)8(12(18)19)5-7-1-2-10(9(16)6-7)22-23(20)21/h1-2,6,8,15-16,20-21H,3-5,13H2,(H,18,19). The monoisotopic (exact) mass is 348 g/mol. The lowest BCUT2D eigenvalue weighted by atomic mass is 10.0. The molecule has 23 heavy (non-hydrogen) atoms. The van der Waals surface area contributed by atoms with Crippen molar-refractivity contribution in [1.82, 2.24) is 5.01 Å². The first-order valence-electron chi connectivity index (χ1n) is 6.34. The normalized spacial score (nSPS) is 12.0. The van der Waals surface area contributed by atoms with E-state index in [1.54, 1.807) is 0 Å². The highest BCUT2D eigenvalue weighted by Crippen LogP contribution is 2.36. The van der Waals surface area contributed by atoms with Crippen LogP contribution in [0.5, 0.6) is 11.5 Å². The fourth-order valence-electron chi connectivity index (χ4n) is 1.78. The van der Waals surface area contributed by atoms with Crippen LogP contribution in [0.3, 0.4) is 0 Å². The molecule has 0 fully saturated rings. The number of carboxylic acid groups (broad SMARTS) is 1. The number of phenols is 1. The number of carbonyl (C=O) groups is 2. The van der Waals surface area contributed by atoms with Crippen molar-refractivity contribution in [2.24, 2.45) is 5.84 Å². The number of rotatable bonds is 8. The van der Waals surface area contributed by atoms with Gasteiger partial charge in [-0.05, 0) is 17.7 Å². The molecule has 0 aliphatic rings. The molecule has 1 aromatic rings. The second kappa shape index (κ2) is 8.61. The third-order valence-electron chi connectivity index (χ3n) is 2.87. The lowest BCUT2D eigenvalue weighted by Crippen LogP contribution is -2.50. The van der Waals surface area contributed by atoms with Gasteiger partial charge in [-0.15, -0.1) is 0 Å². The Morgan fingerprint density at radius 1 is 1.35 bits per heavy atom. The Kier molecular flexibility index (Phi) is 7.14. The van der Waals surface area contributed by atoms with Gasteiger partial charge in [0.1, 0.15) is 6.04 Å². The fraction of sp³-hybridized carbons (Fsp3) is 0.333. The molecule has 0 aliphatic carbocycles. The Labute approximate surface area is 132 Å². The molecule has 0 aromatic heterocycles. The molecule has 0 heterocycles. The number of nitrogens with zero attached hydrogens (tertiary/aromatic N) is 1. The topological polar surface area (TPSA) is 174 Å². The van der Waals surface area contributed by atoms with E-state index in [9.17, 15) is 19.8 Å². The number of benzene rings is 1. The maximum Gasteiger partial charge on any atom is 0.391 e. The molecule has 7 N–H and O–H groups in total. The Morgan fingerprint density at radius 3 is 2.48 bits per heavy atom. The second-order valence-electron chi connectivity index (χ2n) is 4.48. The number of aliphatic hydroxyl groups is 1. The minimum atomic E-state index is -2.70. The van der Waals surface area contributed by atoms with E-state index in [-0.39, 0.29) is 18.6 Å². The lowest BCUT2D eigenvalue weighted by Gasteiger charge is -2.24. The van der Waals surface area contributed by atoms with Gasteiger partial charge in [-0.2, -0.15) is 0 Å². The van der Waals surface area contributed by atoms with Gasteiger partial charge in [0.05, 0.1) is 13.0 Å². The molecule has 11 heteroatoms. The summed E-state index contributed by atoms with van der Waals surface area (Å²) in [5.74, 6) is 2.77. The van der Waals surface area contributed by atoms with Crippen LogP contribution in [0.25, 0.3) is 0 Å². The smallest absolute Gasteiger partial charge is 0.391 e. The highest BCUT2D eigenvalue weighted by molar-refractivity contribution is 7.39. The van der Waals surface area contributed by atoms with Crippen molar-refractivity contribution in [2.75, 3.05) is 6.61 Å². The van der Waals surface area contributed by atoms with E-state index in [0.29, 0.717) is 10.6 Å². The zero-order chi connectivity index (χ0) is 17.6. The van der Waals surface area contributed by atoms with Gasteiger partial charge in [0.15, 0.2) is 11.5 Å². The largest absolute Gasteiger partial charge is 0.504 e. The number of aliphatic hydroxyl groups excluding tert-OH is 1. The van der Waals surface area contributed by atoms with E-state index in [1.807, 2.05) is 0 Å². The zero-order valence-corrected chi connectivity index (χ0v) is 12.8. The molecule has 0 radical (unpaired) electrons. The van der Waals surface area contributed by atoms with Crippen LogP contribution < -0.4 is 10.4 Å². The van der Waals surface area contributed by atoms with Crippen molar-refractivity contribution in [3.8, 4) is 11.5 Å². The SMILES string of the molecule is NN(C(=O)CCO)C(Cc1ccc(OP(O)O)c(O)c1)C(=O)O. The molecule has 1 unspecified atom stereocenters. The molecule has 0 saturated heterocycles. The summed E-state index contributed by atoms with van der Waals surface area (Å²) in [6.45, 7) is -0.461. The molecule has 0 saturated carbocycles. The van der Waals surface area contributed by atoms with Crippen LogP contribution >= 0.6 is 8.60 Å². The molecule has 1 rings (SSSR count). The summed E-state index contributed by atoms with van der Waals surface area (Å²) in [6, 6.07) is 2.37. The van der Waals surface area contributed by atoms with Crippen molar-refractivity contribution in [1.29, 1.82) is 0 Å². The molecule has 10 nitrogen and oxygen atoms in total. The van der Waals surface area contributed by atoms with Crippen LogP contribution in [0.2, 0.25) is 0 Å². The average Bonchev–Trinajstić information content (AvgIpc) is 2.46. The first kappa shape index (κ1) is 19.1. The fourth-order valence-corrected chi connectivity index (χ4v) is 2.11. The highest BCUT2D eigenvalue weighted by atomic mass is 31.2. The quantitative estimate of drug-likeness (QED) is 0.150. The van der Waals surface area contributed by atoms with Gasteiger partial charge < -0.3 is 29.6 Å². The van der Waals surface area contributed by atoms with Gasteiger partial charge in [0, 0.05) is 6.42 Å². The van der Waals surface area contributed by atoms with Crippen molar-refractivity contribution in [3.05, 3.63) is 23.8 Å². The van der Waals surface area contributed by atoms with Gasteiger partial charge >= 0.3 is 14.6 Å². The Bertz CT molecular complexity index is 568. The molecule has 1 amide bonds. The lowest BCUT2D eigenvalue weighted by molar-refractivity contribution is -0.150. The second-order valence-corrected chi connectivity index (χ2v) is 5.17. The van der Waals surface area contributed by atoms with Crippen molar-refractivity contribution < 1.29 is 39.2 Å². The number of hydrogen-bond acceptors (Lipinski definition) is 8. The molecule has 0 bridgehead atoms. The van der Waals surface area contributed by atoms with E-state index >= 15 is 0 Å². The van der Waals surface area contributed by atoms with Crippen molar-refractivity contribution >= 4 is 20.5 Å². The van der Waals surface area contributed by atoms with Gasteiger partial charge in [-0.3, -0.25) is 9.80 Å². The van der Waals surface area contributed by atoms with E-state index in [2.05, 4.69) is 4.52 Å².